The maximum Gasteiger partial charge on any atom is 0.0307 e. The third-order valence-corrected chi connectivity index (χ3v) is 1.17. The van der Waals surface area contributed by atoms with Crippen LogP contribution in [0.3, 0.4) is 0 Å². The van der Waals surface area contributed by atoms with Gasteiger partial charge in [0.05, 0.1) is 0 Å². The highest BCUT2D eigenvalue weighted by atomic mass is 35.5. The van der Waals surface area contributed by atoms with Gasteiger partial charge >= 0.3 is 0 Å². The Morgan fingerprint density at radius 3 is 2.12 bits per heavy atom. The fraction of sp³-hybridized carbons (Fsp3) is 1.00. The third-order valence-electron chi connectivity index (χ3n) is 0.955. The van der Waals surface area contributed by atoms with Crippen LogP contribution in [-0.2, 0) is 0 Å². The molecule has 0 rings (SSSR count). The van der Waals surface area contributed by atoms with Crippen LogP contribution in [0.25, 0.3) is 0 Å². The SMILES string of the molecule is CCCCC(C)Cl.[SiH4]. The van der Waals surface area contributed by atoms with Crippen molar-refractivity contribution in [2.24, 2.45) is 0 Å². The molecule has 1 unspecified atom stereocenters. The van der Waals surface area contributed by atoms with E-state index in [1.807, 2.05) is 6.92 Å². The Balaban J connectivity index is 0. The van der Waals surface area contributed by atoms with Gasteiger partial charge in [-0.1, -0.05) is 19.8 Å². The van der Waals surface area contributed by atoms with Crippen molar-refractivity contribution < 1.29 is 0 Å². The molecule has 0 N–H and O–H groups in total. The first-order valence-electron chi connectivity index (χ1n) is 2.91. The van der Waals surface area contributed by atoms with E-state index in [-0.39, 0.29) is 11.0 Å². The number of hydrogen-bond acceptors (Lipinski definition) is 0. The highest BCUT2D eigenvalue weighted by molar-refractivity contribution is 6.20. The van der Waals surface area contributed by atoms with Crippen LogP contribution in [0, 0.1) is 0 Å². The highest BCUT2D eigenvalue weighted by Crippen LogP contribution is 2.04. The summed E-state index contributed by atoms with van der Waals surface area (Å²) in [6, 6.07) is 0. The Morgan fingerprint density at radius 1 is 1.50 bits per heavy atom. The number of rotatable bonds is 3. The van der Waals surface area contributed by atoms with Crippen molar-refractivity contribution >= 4 is 22.6 Å². The third kappa shape index (κ3) is 9.71. The van der Waals surface area contributed by atoms with Crippen LogP contribution in [0.15, 0.2) is 0 Å². The Bertz CT molecular complexity index is 37.5. The molecule has 0 nitrogen and oxygen atoms in total. The second-order valence-corrected chi connectivity index (χ2v) is 2.67. The van der Waals surface area contributed by atoms with Crippen LogP contribution in [0.5, 0.6) is 0 Å². The average Bonchev–Trinajstić information content (AvgIpc) is 1.61. The summed E-state index contributed by atoms with van der Waals surface area (Å²) in [5.74, 6) is 0. The van der Waals surface area contributed by atoms with Crippen LogP contribution in [0.1, 0.15) is 33.1 Å². The quantitative estimate of drug-likeness (QED) is 0.423. The second kappa shape index (κ2) is 7.51. The molecule has 0 aliphatic heterocycles. The van der Waals surface area contributed by atoms with Gasteiger partial charge in [-0.05, 0) is 24.3 Å². The summed E-state index contributed by atoms with van der Waals surface area (Å²) >= 11 is 5.66. The summed E-state index contributed by atoms with van der Waals surface area (Å²) in [5, 5.41) is 0.375. The van der Waals surface area contributed by atoms with E-state index in [1.54, 1.807) is 0 Å². The number of halogens is 1. The molecule has 0 fully saturated rings. The molecule has 0 aliphatic rings. The van der Waals surface area contributed by atoms with Crippen molar-refractivity contribution in [1.29, 1.82) is 0 Å². The molecule has 0 spiro atoms. The molecule has 0 saturated carbocycles. The fourth-order valence-corrected chi connectivity index (χ4v) is 0.640. The molecule has 0 bridgehead atoms. The van der Waals surface area contributed by atoms with E-state index in [9.17, 15) is 0 Å². The molecule has 0 aromatic heterocycles. The van der Waals surface area contributed by atoms with E-state index >= 15 is 0 Å². The monoisotopic (exact) mass is 152 g/mol. The zero-order valence-electron chi connectivity index (χ0n) is 5.08. The van der Waals surface area contributed by atoms with Crippen molar-refractivity contribution in [2.75, 3.05) is 0 Å². The Hall–Kier alpha value is 0.507. The molecule has 0 aromatic rings. The molecule has 2 heteroatoms. The predicted molar refractivity (Wildman–Crippen MR) is 46.2 cm³/mol. The highest BCUT2D eigenvalue weighted by Gasteiger charge is 1.91. The van der Waals surface area contributed by atoms with E-state index in [0.717, 1.165) is 6.42 Å². The maximum absolute atomic E-state index is 5.66. The summed E-state index contributed by atoms with van der Waals surface area (Å²) in [4.78, 5) is 0. The van der Waals surface area contributed by atoms with Crippen molar-refractivity contribution in [3.8, 4) is 0 Å². The first kappa shape index (κ1) is 11.3. The lowest BCUT2D eigenvalue weighted by Crippen LogP contribution is -1.87. The Kier molecular flexibility index (Phi) is 10.6. The van der Waals surface area contributed by atoms with Crippen LogP contribution in [0.2, 0.25) is 0 Å². The molecule has 52 valence electrons. The van der Waals surface area contributed by atoms with Crippen LogP contribution >= 0.6 is 11.6 Å². The summed E-state index contributed by atoms with van der Waals surface area (Å²) in [6.45, 7) is 4.22. The lowest BCUT2D eigenvalue weighted by molar-refractivity contribution is 0.708. The maximum atomic E-state index is 5.66. The van der Waals surface area contributed by atoms with E-state index in [0.29, 0.717) is 5.38 Å². The molecule has 0 amide bonds. The molecule has 1 atom stereocenters. The molecular weight excluding hydrogens is 136 g/mol. The fourth-order valence-electron chi connectivity index (χ4n) is 0.485. The molecule has 8 heavy (non-hydrogen) atoms. The molecule has 0 heterocycles. The van der Waals surface area contributed by atoms with Gasteiger partial charge in [0.25, 0.3) is 0 Å². The van der Waals surface area contributed by atoms with Crippen LogP contribution in [0.4, 0.5) is 0 Å². The smallest absolute Gasteiger partial charge is 0.0307 e. The number of unbranched alkanes of at least 4 members (excludes halogenated alkanes) is 1. The number of hydrogen-bond donors (Lipinski definition) is 0. The van der Waals surface area contributed by atoms with Gasteiger partial charge in [0.1, 0.15) is 0 Å². The minimum Gasteiger partial charge on any atom is -0.123 e. The van der Waals surface area contributed by atoms with Gasteiger partial charge in [-0.25, -0.2) is 0 Å². The van der Waals surface area contributed by atoms with Gasteiger partial charge in [0, 0.05) is 5.38 Å². The van der Waals surface area contributed by atoms with E-state index < -0.39 is 0 Å². The molecular formula is C6H17ClSi. The molecule has 0 aliphatic carbocycles. The predicted octanol–water partition coefficient (Wildman–Crippen LogP) is 1.35. The van der Waals surface area contributed by atoms with Gasteiger partial charge < -0.3 is 0 Å². The topological polar surface area (TPSA) is 0 Å². The van der Waals surface area contributed by atoms with Gasteiger partial charge in [0.15, 0.2) is 0 Å². The van der Waals surface area contributed by atoms with Crippen molar-refractivity contribution in [1.82, 2.24) is 0 Å². The lowest BCUT2D eigenvalue weighted by atomic mass is 10.2. The Morgan fingerprint density at radius 2 is 2.00 bits per heavy atom. The molecule has 0 aromatic carbocycles. The first-order chi connectivity index (χ1) is 3.27. The number of alkyl halides is 1. The van der Waals surface area contributed by atoms with Gasteiger partial charge in [-0.15, -0.1) is 11.6 Å². The average molecular weight is 153 g/mol. The van der Waals surface area contributed by atoms with Gasteiger partial charge in [-0.2, -0.15) is 0 Å². The lowest BCUT2D eigenvalue weighted by Gasteiger charge is -1.96. The zero-order chi connectivity index (χ0) is 5.70. The standard InChI is InChI=1S/C6H13Cl.H4Si/c1-3-4-5-6(2)7;/h6H,3-5H2,1-2H3;1H4. The van der Waals surface area contributed by atoms with E-state index in [4.69, 9.17) is 11.6 Å². The first-order valence-corrected chi connectivity index (χ1v) is 3.35. The Labute approximate surface area is 61.6 Å². The normalized spacial score (nSPS) is 12.4. The van der Waals surface area contributed by atoms with Crippen LogP contribution in [-0.4, -0.2) is 16.3 Å². The van der Waals surface area contributed by atoms with E-state index in [2.05, 4.69) is 6.92 Å². The summed E-state index contributed by atoms with van der Waals surface area (Å²) in [6.07, 6.45) is 3.69. The molecule has 0 radical (unpaired) electrons. The largest absolute Gasteiger partial charge is 0.123 e. The summed E-state index contributed by atoms with van der Waals surface area (Å²) < 4.78 is 0. The van der Waals surface area contributed by atoms with Gasteiger partial charge in [-0.3, -0.25) is 0 Å². The minimum absolute atomic E-state index is 0. The second-order valence-electron chi connectivity index (χ2n) is 1.92. The minimum atomic E-state index is 0. The zero-order valence-corrected chi connectivity index (χ0v) is 5.83. The molecule has 0 saturated heterocycles. The van der Waals surface area contributed by atoms with Crippen molar-refractivity contribution in [3.63, 3.8) is 0 Å². The van der Waals surface area contributed by atoms with E-state index in [1.165, 1.54) is 12.8 Å². The summed E-state index contributed by atoms with van der Waals surface area (Å²) in [7, 11) is 0. The van der Waals surface area contributed by atoms with Crippen molar-refractivity contribution in [3.05, 3.63) is 0 Å². The summed E-state index contributed by atoms with van der Waals surface area (Å²) in [5.41, 5.74) is 0. The van der Waals surface area contributed by atoms with Crippen LogP contribution < -0.4 is 0 Å². The van der Waals surface area contributed by atoms with Gasteiger partial charge in [0.2, 0.25) is 0 Å². The van der Waals surface area contributed by atoms with Crippen molar-refractivity contribution in [2.45, 2.75) is 38.5 Å².